The Morgan fingerprint density at radius 2 is 2.18 bits per heavy atom. The molecular formula is C13H21ClN2O. The van der Waals surface area contributed by atoms with Crippen LogP contribution in [0.15, 0.2) is 18.2 Å². The summed E-state index contributed by atoms with van der Waals surface area (Å²) in [6.45, 7) is 2.37. The van der Waals surface area contributed by atoms with Crippen LogP contribution >= 0.6 is 11.6 Å². The molecule has 4 heteroatoms. The lowest BCUT2D eigenvalue weighted by atomic mass is 10.1. The first-order chi connectivity index (χ1) is 8.19. The van der Waals surface area contributed by atoms with E-state index < -0.39 is 0 Å². The van der Waals surface area contributed by atoms with Crippen LogP contribution in [-0.2, 0) is 11.2 Å². The lowest BCUT2D eigenvalue weighted by Crippen LogP contribution is -2.19. The minimum atomic E-state index is 0.628. The Morgan fingerprint density at radius 3 is 2.76 bits per heavy atom. The van der Waals surface area contributed by atoms with Gasteiger partial charge in [-0.25, -0.2) is 0 Å². The summed E-state index contributed by atoms with van der Waals surface area (Å²) < 4.78 is 5.04. The predicted octanol–water partition coefficient (Wildman–Crippen LogP) is 2.31. The predicted molar refractivity (Wildman–Crippen MR) is 74.0 cm³/mol. The highest BCUT2D eigenvalue weighted by Gasteiger charge is 2.04. The first-order valence-corrected chi connectivity index (χ1v) is 6.25. The van der Waals surface area contributed by atoms with Gasteiger partial charge in [0.1, 0.15) is 0 Å². The minimum Gasteiger partial charge on any atom is -0.385 e. The van der Waals surface area contributed by atoms with Gasteiger partial charge in [0, 0.05) is 38.0 Å². The van der Waals surface area contributed by atoms with Gasteiger partial charge in [-0.1, -0.05) is 17.7 Å². The first kappa shape index (κ1) is 14.3. The van der Waals surface area contributed by atoms with Crippen LogP contribution in [0.5, 0.6) is 0 Å². The minimum absolute atomic E-state index is 0.628. The zero-order valence-electron chi connectivity index (χ0n) is 10.6. The second kappa shape index (κ2) is 7.54. The van der Waals surface area contributed by atoms with Crippen molar-refractivity contribution in [1.82, 2.24) is 0 Å². The molecule has 0 radical (unpaired) electrons. The molecule has 0 unspecified atom stereocenters. The number of benzene rings is 1. The number of rotatable bonds is 7. The summed E-state index contributed by atoms with van der Waals surface area (Å²) >= 11 is 6.21. The standard InChI is InChI=1S/C13H21ClN2O/c1-16(8-3-9-17-2)12-5-4-11(6-7-15)13(14)10-12/h4-5,10H,3,6-9,15H2,1-2H3. The van der Waals surface area contributed by atoms with E-state index in [2.05, 4.69) is 24.1 Å². The third-order valence-electron chi connectivity index (χ3n) is 2.73. The Balaban J connectivity index is 2.62. The topological polar surface area (TPSA) is 38.5 Å². The van der Waals surface area contributed by atoms with E-state index >= 15 is 0 Å². The Kier molecular flexibility index (Phi) is 6.34. The molecule has 2 N–H and O–H groups in total. The van der Waals surface area contributed by atoms with Crippen molar-refractivity contribution in [2.75, 3.05) is 38.8 Å². The number of hydrogen-bond donors (Lipinski definition) is 1. The van der Waals surface area contributed by atoms with Gasteiger partial charge >= 0.3 is 0 Å². The molecule has 0 aromatic heterocycles. The summed E-state index contributed by atoms with van der Waals surface area (Å²) in [6, 6.07) is 6.14. The zero-order chi connectivity index (χ0) is 12.7. The highest BCUT2D eigenvalue weighted by Crippen LogP contribution is 2.23. The largest absolute Gasteiger partial charge is 0.385 e. The highest BCUT2D eigenvalue weighted by atomic mass is 35.5. The van der Waals surface area contributed by atoms with Crippen LogP contribution in [0.25, 0.3) is 0 Å². The van der Waals surface area contributed by atoms with Crippen molar-refractivity contribution in [3.8, 4) is 0 Å². The molecule has 0 atom stereocenters. The van der Waals surface area contributed by atoms with E-state index in [-0.39, 0.29) is 0 Å². The lowest BCUT2D eigenvalue weighted by Gasteiger charge is -2.20. The van der Waals surface area contributed by atoms with Gasteiger partial charge in [0.05, 0.1) is 0 Å². The van der Waals surface area contributed by atoms with Gasteiger partial charge in [0.2, 0.25) is 0 Å². The second-order valence-electron chi connectivity index (χ2n) is 4.08. The molecule has 0 saturated heterocycles. The summed E-state index contributed by atoms with van der Waals surface area (Å²) in [5.41, 5.74) is 7.77. The van der Waals surface area contributed by atoms with Crippen LogP contribution in [0.3, 0.4) is 0 Å². The molecule has 1 rings (SSSR count). The van der Waals surface area contributed by atoms with E-state index in [0.717, 1.165) is 42.3 Å². The van der Waals surface area contributed by atoms with E-state index in [4.69, 9.17) is 22.1 Å². The Morgan fingerprint density at radius 1 is 1.41 bits per heavy atom. The van der Waals surface area contributed by atoms with Gasteiger partial charge in [-0.3, -0.25) is 0 Å². The third-order valence-corrected chi connectivity index (χ3v) is 3.08. The third kappa shape index (κ3) is 4.54. The Bertz CT molecular complexity index is 344. The Labute approximate surface area is 109 Å². The van der Waals surface area contributed by atoms with Crippen LogP contribution in [0.4, 0.5) is 5.69 Å². The average Bonchev–Trinajstić information content (AvgIpc) is 2.32. The Hall–Kier alpha value is -0.770. The monoisotopic (exact) mass is 256 g/mol. The van der Waals surface area contributed by atoms with Gasteiger partial charge in [-0.15, -0.1) is 0 Å². The summed E-state index contributed by atoms with van der Waals surface area (Å²) in [5.74, 6) is 0. The smallest absolute Gasteiger partial charge is 0.0479 e. The van der Waals surface area contributed by atoms with Crippen LogP contribution in [0, 0.1) is 0 Å². The fraction of sp³-hybridized carbons (Fsp3) is 0.538. The molecule has 0 heterocycles. The number of ether oxygens (including phenoxy) is 1. The molecule has 0 aliphatic rings. The van der Waals surface area contributed by atoms with E-state index in [9.17, 15) is 0 Å². The summed E-state index contributed by atoms with van der Waals surface area (Å²) in [7, 11) is 3.78. The molecule has 0 fully saturated rings. The molecular weight excluding hydrogens is 236 g/mol. The normalized spacial score (nSPS) is 10.6. The van der Waals surface area contributed by atoms with Crippen LogP contribution in [0.2, 0.25) is 5.02 Å². The summed E-state index contributed by atoms with van der Waals surface area (Å²) in [5, 5.41) is 0.798. The number of anilines is 1. The van der Waals surface area contributed by atoms with Gasteiger partial charge in [-0.05, 0) is 37.1 Å². The molecule has 1 aromatic carbocycles. The fourth-order valence-electron chi connectivity index (χ4n) is 1.71. The molecule has 17 heavy (non-hydrogen) atoms. The SMILES string of the molecule is COCCCN(C)c1ccc(CCN)c(Cl)c1. The number of methoxy groups -OCH3 is 1. The van der Waals surface area contributed by atoms with Crippen molar-refractivity contribution in [2.45, 2.75) is 12.8 Å². The average molecular weight is 257 g/mol. The number of halogens is 1. The molecule has 0 amide bonds. The fourth-order valence-corrected chi connectivity index (χ4v) is 1.98. The molecule has 1 aromatic rings. The molecule has 96 valence electrons. The van der Waals surface area contributed by atoms with E-state index in [0.29, 0.717) is 6.54 Å². The zero-order valence-corrected chi connectivity index (χ0v) is 11.3. The summed E-state index contributed by atoms with van der Waals surface area (Å²) in [4.78, 5) is 2.18. The van der Waals surface area contributed by atoms with E-state index in [1.165, 1.54) is 0 Å². The number of hydrogen-bond acceptors (Lipinski definition) is 3. The molecule has 0 bridgehead atoms. The van der Waals surface area contributed by atoms with Crippen molar-refractivity contribution < 1.29 is 4.74 Å². The lowest BCUT2D eigenvalue weighted by molar-refractivity contribution is 0.196. The number of nitrogens with zero attached hydrogens (tertiary/aromatic N) is 1. The molecule has 0 aliphatic carbocycles. The van der Waals surface area contributed by atoms with Crippen molar-refractivity contribution in [1.29, 1.82) is 0 Å². The first-order valence-electron chi connectivity index (χ1n) is 5.87. The van der Waals surface area contributed by atoms with E-state index in [1.807, 2.05) is 6.07 Å². The van der Waals surface area contributed by atoms with Crippen molar-refractivity contribution in [2.24, 2.45) is 5.73 Å². The summed E-state index contributed by atoms with van der Waals surface area (Å²) in [6.07, 6.45) is 1.83. The van der Waals surface area contributed by atoms with Crippen LogP contribution < -0.4 is 10.6 Å². The second-order valence-corrected chi connectivity index (χ2v) is 4.49. The van der Waals surface area contributed by atoms with Gasteiger partial charge in [0.15, 0.2) is 0 Å². The highest BCUT2D eigenvalue weighted by molar-refractivity contribution is 6.31. The maximum Gasteiger partial charge on any atom is 0.0479 e. The van der Waals surface area contributed by atoms with Crippen LogP contribution in [-0.4, -0.2) is 33.9 Å². The maximum atomic E-state index is 6.21. The van der Waals surface area contributed by atoms with Gasteiger partial charge in [-0.2, -0.15) is 0 Å². The number of nitrogens with two attached hydrogens (primary N) is 1. The quantitative estimate of drug-likeness (QED) is 0.761. The van der Waals surface area contributed by atoms with Gasteiger partial charge < -0.3 is 15.4 Å². The maximum absolute atomic E-state index is 6.21. The van der Waals surface area contributed by atoms with Crippen molar-refractivity contribution in [3.05, 3.63) is 28.8 Å². The molecule has 0 aliphatic heterocycles. The van der Waals surface area contributed by atoms with Gasteiger partial charge in [0.25, 0.3) is 0 Å². The molecule has 0 saturated carbocycles. The van der Waals surface area contributed by atoms with Crippen LogP contribution in [0.1, 0.15) is 12.0 Å². The molecule has 3 nitrogen and oxygen atoms in total. The van der Waals surface area contributed by atoms with Crippen molar-refractivity contribution in [3.63, 3.8) is 0 Å². The molecule has 0 spiro atoms. The van der Waals surface area contributed by atoms with Crippen molar-refractivity contribution >= 4 is 17.3 Å². The van der Waals surface area contributed by atoms with E-state index in [1.54, 1.807) is 7.11 Å².